The fourth-order valence-electron chi connectivity index (χ4n) is 4.80. The average molecular weight is 679 g/mol. The van der Waals surface area contributed by atoms with Crippen molar-refractivity contribution in [3.8, 4) is 40.2 Å². The highest BCUT2D eigenvalue weighted by molar-refractivity contribution is 5.90. The van der Waals surface area contributed by atoms with Crippen LogP contribution in [0, 0.1) is 0 Å². The van der Waals surface area contributed by atoms with Gasteiger partial charge in [0.05, 0.1) is 5.56 Å². The van der Waals surface area contributed by atoms with E-state index in [0.29, 0.717) is 0 Å². The third kappa shape index (κ3) is 9.41. The third-order valence-electron chi connectivity index (χ3n) is 6.37. The van der Waals surface area contributed by atoms with Gasteiger partial charge in [0.2, 0.25) is 5.75 Å². The van der Waals surface area contributed by atoms with Gasteiger partial charge < -0.3 is 37.9 Å². The number of carbonyl (C=O) groups is 7. The molecule has 15 nitrogen and oxygen atoms in total. The molecule has 0 aromatic heterocycles. The van der Waals surface area contributed by atoms with E-state index in [4.69, 9.17) is 37.9 Å². The molecule has 0 unspecified atom stereocenters. The van der Waals surface area contributed by atoms with Crippen LogP contribution in [-0.2, 0) is 39.9 Å². The Morgan fingerprint density at radius 1 is 0.592 bits per heavy atom. The van der Waals surface area contributed by atoms with Gasteiger partial charge >= 0.3 is 41.8 Å². The third-order valence-corrected chi connectivity index (χ3v) is 6.37. The molecule has 3 aromatic rings. The molecule has 0 radical (unpaired) electrons. The van der Waals surface area contributed by atoms with Gasteiger partial charge in [-0.05, 0) is 30.3 Å². The summed E-state index contributed by atoms with van der Waals surface area (Å²) in [6.45, 7) is 6.77. The first-order valence-corrected chi connectivity index (χ1v) is 14.5. The van der Waals surface area contributed by atoms with E-state index in [0.717, 1.165) is 34.6 Å². The molecule has 0 fully saturated rings. The number of benzene rings is 3. The standard InChI is InChI=1S/C34H30O15/c1-16(35)42-24-9-7-8-22(10-24)34(41)49-31-15-26-27(44-18(3)37)13-25(43-17(2)36)14-28(26)48-32(31)23-11-29(45-19(4)38)33(47-21(6)40)30(12-23)46-20(5)39/h7-14,31-32H,15H2,1-6H3/t31-,32-/m1/s1. The fourth-order valence-corrected chi connectivity index (χ4v) is 4.80. The van der Waals surface area contributed by atoms with Crippen LogP contribution in [0.15, 0.2) is 48.5 Å². The number of esters is 7. The van der Waals surface area contributed by atoms with Crippen molar-refractivity contribution in [2.75, 3.05) is 0 Å². The molecule has 0 saturated carbocycles. The molecule has 0 saturated heterocycles. The Morgan fingerprint density at radius 2 is 1.12 bits per heavy atom. The summed E-state index contributed by atoms with van der Waals surface area (Å²) in [5, 5.41) is 0. The molecule has 15 heteroatoms. The molecular formula is C34H30O15. The summed E-state index contributed by atoms with van der Waals surface area (Å²) >= 11 is 0. The van der Waals surface area contributed by atoms with Crippen molar-refractivity contribution in [2.45, 2.75) is 60.2 Å². The lowest BCUT2D eigenvalue weighted by atomic mass is 9.93. The van der Waals surface area contributed by atoms with E-state index in [2.05, 4.69) is 0 Å². The van der Waals surface area contributed by atoms with E-state index in [-0.39, 0.29) is 63.4 Å². The van der Waals surface area contributed by atoms with Crippen LogP contribution in [0.2, 0.25) is 0 Å². The molecule has 0 spiro atoms. The Balaban J connectivity index is 1.90. The summed E-state index contributed by atoms with van der Waals surface area (Å²) in [5.74, 6) is -6.35. The first-order chi connectivity index (χ1) is 23.1. The van der Waals surface area contributed by atoms with E-state index in [1.807, 2.05) is 0 Å². The molecule has 3 aromatic carbocycles. The van der Waals surface area contributed by atoms with Crippen molar-refractivity contribution in [3.63, 3.8) is 0 Å². The molecular weight excluding hydrogens is 648 g/mol. The molecule has 0 aliphatic carbocycles. The second kappa shape index (κ2) is 15.1. The maximum absolute atomic E-state index is 13.5. The van der Waals surface area contributed by atoms with Gasteiger partial charge in [-0.25, -0.2) is 4.79 Å². The van der Waals surface area contributed by atoms with Gasteiger partial charge in [0.25, 0.3) is 0 Å². The van der Waals surface area contributed by atoms with Crippen molar-refractivity contribution in [3.05, 3.63) is 65.2 Å². The normalized spacial score (nSPS) is 14.6. The maximum atomic E-state index is 13.5. The zero-order valence-electron chi connectivity index (χ0n) is 27.1. The quantitative estimate of drug-likeness (QED) is 0.231. The van der Waals surface area contributed by atoms with Crippen LogP contribution >= 0.6 is 0 Å². The highest BCUT2D eigenvalue weighted by Gasteiger charge is 2.39. The van der Waals surface area contributed by atoms with E-state index >= 15 is 0 Å². The van der Waals surface area contributed by atoms with E-state index in [1.54, 1.807) is 0 Å². The Kier molecular flexibility index (Phi) is 11.0. The second-order valence-corrected chi connectivity index (χ2v) is 10.5. The summed E-state index contributed by atoms with van der Waals surface area (Å²) in [6, 6.07) is 10.8. The summed E-state index contributed by atoms with van der Waals surface area (Å²) < 4.78 is 43.7. The highest BCUT2D eigenvalue weighted by atomic mass is 16.6. The smallest absolute Gasteiger partial charge is 0.338 e. The first-order valence-electron chi connectivity index (χ1n) is 14.5. The number of hydrogen-bond acceptors (Lipinski definition) is 15. The molecule has 49 heavy (non-hydrogen) atoms. The van der Waals surface area contributed by atoms with Crippen LogP contribution in [0.1, 0.15) is 69.1 Å². The SMILES string of the molecule is CC(=O)Oc1cccc(C(=O)O[C@@H]2Cc3c(OC(C)=O)cc(OC(C)=O)cc3O[C@@H]2c2cc(OC(C)=O)c(OC(C)=O)c(OC(C)=O)c2)c1. The Labute approximate surface area is 278 Å². The molecule has 1 aliphatic rings. The Morgan fingerprint density at radius 3 is 1.67 bits per heavy atom. The number of fused-ring (bicyclic) bond motifs is 1. The average Bonchev–Trinajstić information content (AvgIpc) is 2.97. The molecule has 2 atom stereocenters. The van der Waals surface area contributed by atoms with E-state index in [9.17, 15) is 33.6 Å². The van der Waals surface area contributed by atoms with Crippen molar-refractivity contribution in [1.82, 2.24) is 0 Å². The Bertz CT molecular complexity index is 1820. The molecule has 1 aliphatic heterocycles. The summed E-state index contributed by atoms with van der Waals surface area (Å²) in [4.78, 5) is 84.9. The minimum atomic E-state index is -1.28. The topological polar surface area (TPSA) is 193 Å². The van der Waals surface area contributed by atoms with Gasteiger partial charge in [0.15, 0.2) is 17.6 Å². The largest absolute Gasteiger partial charge is 0.481 e. The summed E-state index contributed by atoms with van der Waals surface area (Å²) in [5.41, 5.74) is 0.360. The predicted molar refractivity (Wildman–Crippen MR) is 163 cm³/mol. The predicted octanol–water partition coefficient (Wildman–Crippen LogP) is 4.14. The number of rotatable bonds is 9. The fraction of sp³-hybridized carbons (Fsp3) is 0.265. The maximum Gasteiger partial charge on any atom is 0.338 e. The molecule has 1 heterocycles. The van der Waals surface area contributed by atoms with Crippen LogP contribution in [0.5, 0.6) is 40.2 Å². The zero-order chi connectivity index (χ0) is 36.0. The molecule has 0 amide bonds. The highest BCUT2D eigenvalue weighted by Crippen LogP contribution is 2.47. The zero-order valence-corrected chi connectivity index (χ0v) is 27.1. The number of ether oxygens (including phenoxy) is 8. The summed E-state index contributed by atoms with van der Waals surface area (Å²) in [7, 11) is 0. The van der Waals surface area contributed by atoms with E-state index < -0.39 is 54.0 Å². The monoisotopic (exact) mass is 678 g/mol. The molecule has 0 bridgehead atoms. The van der Waals surface area contributed by atoms with Crippen molar-refractivity contribution < 1.29 is 71.5 Å². The van der Waals surface area contributed by atoms with Crippen LogP contribution in [0.25, 0.3) is 0 Å². The molecule has 4 rings (SSSR count). The molecule has 256 valence electrons. The minimum absolute atomic E-state index is 0.000114. The number of carbonyl (C=O) groups excluding carboxylic acids is 7. The molecule has 0 N–H and O–H groups in total. The van der Waals surface area contributed by atoms with Gasteiger partial charge in [-0.1, -0.05) is 6.07 Å². The van der Waals surface area contributed by atoms with Crippen molar-refractivity contribution >= 4 is 41.8 Å². The van der Waals surface area contributed by atoms with Gasteiger partial charge in [0.1, 0.15) is 29.1 Å². The minimum Gasteiger partial charge on any atom is -0.481 e. The van der Waals surface area contributed by atoms with Crippen LogP contribution in [0.4, 0.5) is 0 Å². The van der Waals surface area contributed by atoms with Crippen LogP contribution < -0.4 is 33.2 Å². The number of hydrogen-bond donors (Lipinski definition) is 0. The summed E-state index contributed by atoms with van der Waals surface area (Å²) in [6.07, 6.45) is -2.67. The van der Waals surface area contributed by atoms with Gasteiger partial charge in [0, 0.05) is 71.2 Å². The van der Waals surface area contributed by atoms with Gasteiger partial charge in [-0.3, -0.25) is 28.8 Å². The lowest BCUT2D eigenvalue weighted by molar-refractivity contribution is -0.135. The lowest BCUT2D eigenvalue weighted by Gasteiger charge is -2.34. The first kappa shape index (κ1) is 35.6. The van der Waals surface area contributed by atoms with Crippen molar-refractivity contribution in [1.29, 1.82) is 0 Å². The lowest BCUT2D eigenvalue weighted by Crippen LogP contribution is -2.35. The van der Waals surface area contributed by atoms with Gasteiger partial charge in [-0.15, -0.1) is 0 Å². The second-order valence-electron chi connectivity index (χ2n) is 10.5. The van der Waals surface area contributed by atoms with Crippen LogP contribution in [-0.4, -0.2) is 47.9 Å². The van der Waals surface area contributed by atoms with E-state index in [1.165, 1.54) is 55.5 Å². The van der Waals surface area contributed by atoms with Crippen LogP contribution in [0.3, 0.4) is 0 Å². The Hall–Kier alpha value is -6.25. The van der Waals surface area contributed by atoms with Gasteiger partial charge in [-0.2, -0.15) is 0 Å². The van der Waals surface area contributed by atoms with Crippen molar-refractivity contribution in [2.24, 2.45) is 0 Å².